The van der Waals surface area contributed by atoms with Crippen molar-refractivity contribution in [2.24, 2.45) is 0 Å². The van der Waals surface area contributed by atoms with E-state index in [0.29, 0.717) is 6.61 Å². The van der Waals surface area contributed by atoms with Crippen LogP contribution in [0.25, 0.3) is 16.8 Å². The van der Waals surface area contributed by atoms with Crippen molar-refractivity contribution < 1.29 is 13.5 Å². The van der Waals surface area contributed by atoms with Gasteiger partial charge in [0.2, 0.25) is 0 Å². The second-order valence-electron chi connectivity index (χ2n) is 3.78. The highest BCUT2D eigenvalue weighted by molar-refractivity contribution is 5.86. The third kappa shape index (κ3) is 2.06. The molecule has 0 aliphatic rings. The van der Waals surface area contributed by atoms with Gasteiger partial charge in [-0.25, -0.2) is 8.78 Å². The number of benzene rings is 2. The fraction of sp³-hybridized carbons (Fsp3) is 0.143. The molecular weight excluding hydrogens is 222 g/mol. The van der Waals surface area contributed by atoms with Crippen LogP contribution in [0, 0.1) is 11.6 Å². The SMILES string of the molecule is C=Cc1cc(F)c2cc(COC)ccc2c1F. The van der Waals surface area contributed by atoms with Crippen LogP contribution in [0.5, 0.6) is 0 Å². The van der Waals surface area contributed by atoms with E-state index in [0.717, 1.165) is 11.6 Å². The van der Waals surface area contributed by atoms with E-state index in [1.165, 1.54) is 6.08 Å². The molecule has 0 aliphatic carbocycles. The molecule has 0 fully saturated rings. The minimum atomic E-state index is -0.450. The lowest BCUT2D eigenvalue weighted by Gasteiger charge is -2.07. The summed E-state index contributed by atoms with van der Waals surface area (Å²) in [6.45, 7) is 3.84. The predicted octanol–water partition coefficient (Wildman–Crippen LogP) is 3.91. The first kappa shape index (κ1) is 11.7. The zero-order valence-corrected chi connectivity index (χ0v) is 9.47. The van der Waals surface area contributed by atoms with E-state index < -0.39 is 11.6 Å². The molecule has 0 saturated heterocycles. The van der Waals surface area contributed by atoms with Crippen molar-refractivity contribution in [2.45, 2.75) is 6.61 Å². The lowest BCUT2D eigenvalue weighted by Crippen LogP contribution is -1.93. The quantitative estimate of drug-likeness (QED) is 0.782. The van der Waals surface area contributed by atoms with Gasteiger partial charge in [-0.15, -0.1) is 0 Å². The topological polar surface area (TPSA) is 9.23 Å². The zero-order valence-electron chi connectivity index (χ0n) is 9.47. The Kier molecular flexibility index (Phi) is 3.20. The fourth-order valence-corrected chi connectivity index (χ4v) is 1.82. The molecule has 0 unspecified atom stereocenters. The average molecular weight is 234 g/mol. The van der Waals surface area contributed by atoms with E-state index in [4.69, 9.17) is 4.74 Å². The first-order chi connectivity index (χ1) is 8.17. The van der Waals surface area contributed by atoms with Crippen LogP contribution in [-0.2, 0) is 11.3 Å². The van der Waals surface area contributed by atoms with Gasteiger partial charge >= 0.3 is 0 Å². The Morgan fingerprint density at radius 2 is 2.00 bits per heavy atom. The number of fused-ring (bicyclic) bond motifs is 1. The summed E-state index contributed by atoms with van der Waals surface area (Å²) in [7, 11) is 1.56. The zero-order chi connectivity index (χ0) is 12.4. The molecule has 0 spiro atoms. The minimum Gasteiger partial charge on any atom is -0.380 e. The smallest absolute Gasteiger partial charge is 0.138 e. The third-order valence-corrected chi connectivity index (χ3v) is 2.64. The Labute approximate surface area is 98.3 Å². The second-order valence-corrected chi connectivity index (χ2v) is 3.78. The van der Waals surface area contributed by atoms with Gasteiger partial charge in [-0.2, -0.15) is 0 Å². The Morgan fingerprint density at radius 3 is 2.65 bits per heavy atom. The van der Waals surface area contributed by atoms with Crippen LogP contribution in [-0.4, -0.2) is 7.11 Å². The van der Waals surface area contributed by atoms with Gasteiger partial charge in [0, 0.05) is 23.4 Å². The van der Waals surface area contributed by atoms with Gasteiger partial charge < -0.3 is 4.74 Å². The van der Waals surface area contributed by atoms with Gasteiger partial charge in [0.15, 0.2) is 0 Å². The Hall–Kier alpha value is -1.74. The Balaban J connectivity index is 2.71. The maximum atomic E-state index is 13.9. The van der Waals surface area contributed by atoms with Crippen LogP contribution in [0.3, 0.4) is 0 Å². The van der Waals surface area contributed by atoms with Crippen LogP contribution in [0.4, 0.5) is 8.78 Å². The molecule has 0 amide bonds. The number of methoxy groups -OCH3 is 1. The second kappa shape index (κ2) is 4.63. The average Bonchev–Trinajstić information content (AvgIpc) is 2.34. The highest BCUT2D eigenvalue weighted by Gasteiger charge is 2.10. The minimum absolute atomic E-state index is 0.175. The molecule has 0 saturated carbocycles. The standard InChI is InChI=1S/C14H12F2O/c1-3-10-7-13(15)12-6-9(8-17-2)4-5-11(12)14(10)16/h3-7H,1,8H2,2H3. The van der Waals surface area contributed by atoms with Crippen LogP contribution in [0.2, 0.25) is 0 Å². The molecule has 0 radical (unpaired) electrons. The van der Waals surface area contributed by atoms with Crippen molar-refractivity contribution >= 4 is 16.8 Å². The Morgan fingerprint density at radius 1 is 1.24 bits per heavy atom. The molecule has 0 N–H and O–H groups in total. The molecule has 0 atom stereocenters. The van der Waals surface area contributed by atoms with Crippen molar-refractivity contribution in [3.63, 3.8) is 0 Å². The van der Waals surface area contributed by atoms with Gasteiger partial charge in [-0.3, -0.25) is 0 Å². The molecule has 88 valence electrons. The molecule has 0 heterocycles. The molecule has 2 rings (SSSR count). The number of hydrogen-bond acceptors (Lipinski definition) is 1. The van der Waals surface area contributed by atoms with Crippen LogP contribution in [0.1, 0.15) is 11.1 Å². The molecule has 2 aromatic rings. The van der Waals surface area contributed by atoms with Crippen LogP contribution >= 0.6 is 0 Å². The number of ether oxygens (including phenoxy) is 1. The monoisotopic (exact) mass is 234 g/mol. The summed E-state index contributed by atoms with van der Waals surface area (Å²) >= 11 is 0. The van der Waals surface area contributed by atoms with E-state index >= 15 is 0 Å². The molecule has 0 aromatic heterocycles. The molecular formula is C14H12F2O. The van der Waals surface area contributed by atoms with Crippen molar-refractivity contribution in [3.05, 3.63) is 53.6 Å². The van der Waals surface area contributed by atoms with Gasteiger partial charge in [0.25, 0.3) is 0 Å². The molecule has 17 heavy (non-hydrogen) atoms. The van der Waals surface area contributed by atoms with Gasteiger partial charge in [-0.05, 0) is 17.7 Å². The normalized spacial score (nSPS) is 10.8. The van der Waals surface area contributed by atoms with E-state index in [2.05, 4.69) is 6.58 Å². The summed E-state index contributed by atoms with van der Waals surface area (Å²) in [5.41, 5.74) is 0.985. The summed E-state index contributed by atoms with van der Waals surface area (Å²) in [6, 6.07) is 6.04. The number of halogens is 2. The fourth-order valence-electron chi connectivity index (χ4n) is 1.82. The number of hydrogen-bond donors (Lipinski definition) is 0. The van der Waals surface area contributed by atoms with Gasteiger partial charge in [-0.1, -0.05) is 24.8 Å². The summed E-state index contributed by atoms with van der Waals surface area (Å²) in [6.07, 6.45) is 1.31. The molecule has 2 aromatic carbocycles. The van der Waals surface area contributed by atoms with Crippen molar-refractivity contribution in [2.75, 3.05) is 7.11 Å². The lowest BCUT2D eigenvalue weighted by atomic mass is 10.0. The van der Waals surface area contributed by atoms with E-state index in [-0.39, 0.29) is 16.3 Å². The first-order valence-electron chi connectivity index (χ1n) is 5.19. The summed E-state index contributed by atoms with van der Waals surface area (Å²) in [5.74, 6) is -0.894. The predicted molar refractivity (Wildman–Crippen MR) is 64.7 cm³/mol. The van der Waals surface area contributed by atoms with E-state index in [1.807, 2.05) is 0 Å². The summed E-state index contributed by atoms with van der Waals surface area (Å²) in [4.78, 5) is 0. The first-order valence-corrected chi connectivity index (χ1v) is 5.19. The molecule has 0 aliphatic heterocycles. The van der Waals surface area contributed by atoms with Crippen molar-refractivity contribution in [3.8, 4) is 0 Å². The maximum absolute atomic E-state index is 13.9. The Bertz CT molecular complexity index is 576. The molecule has 0 bridgehead atoms. The van der Waals surface area contributed by atoms with Gasteiger partial charge in [0.05, 0.1) is 6.61 Å². The largest absolute Gasteiger partial charge is 0.380 e. The molecule has 1 nitrogen and oxygen atoms in total. The third-order valence-electron chi connectivity index (χ3n) is 2.64. The van der Waals surface area contributed by atoms with Crippen LogP contribution in [0.15, 0.2) is 30.8 Å². The van der Waals surface area contributed by atoms with Crippen molar-refractivity contribution in [1.29, 1.82) is 0 Å². The highest BCUT2D eigenvalue weighted by atomic mass is 19.1. The van der Waals surface area contributed by atoms with Gasteiger partial charge in [0.1, 0.15) is 11.6 Å². The highest BCUT2D eigenvalue weighted by Crippen LogP contribution is 2.26. The van der Waals surface area contributed by atoms with Crippen molar-refractivity contribution in [1.82, 2.24) is 0 Å². The molecule has 3 heteroatoms. The van der Waals surface area contributed by atoms with E-state index in [1.54, 1.807) is 25.3 Å². The maximum Gasteiger partial charge on any atom is 0.138 e. The van der Waals surface area contributed by atoms with Crippen LogP contribution < -0.4 is 0 Å². The van der Waals surface area contributed by atoms with E-state index in [9.17, 15) is 8.78 Å². The lowest BCUT2D eigenvalue weighted by molar-refractivity contribution is 0.185. The summed E-state index contributed by atoms with van der Waals surface area (Å²) < 4.78 is 32.6. The summed E-state index contributed by atoms with van der Waals surface area (Å²) in [5, 5.41) is 0.530. The number of rotatable bonds is 3.